The molecule has 0 saturated heterocycles. The monoisotopic (exact) mass is 180 g/mol. The third-order valence-electron chi connectivity index (χ3n) is 1.21. The summed E-state index contributed by atoms with van der Waals surface area (Å²) in [5.74, 6) is 0. The van der Waals surface area contributed by atoms with Gasteiger partial charge in [-0.3, -0.25) is 4.79 Å². The minimum atomic E-state index is -0.299. The molecule has 0 aromatic rings. The first-order valence-corrected chi connectivity index (χ1v) is 3.67. The molecule has 0 atom stereocenters. The van der Waals surface area contributed by atoms with Crippen molar-refractivity contribution in [1.82, 2.24) is 0 Å². The number of aliphatic hydroxyl groups excluding tert-OH is 2. The lowest BCUT2D eigenvalue weighted by Crippen LogP contribution is -1.91. The highest BCUT2D eigenvalue weighted by Crippen LogP contribution is 1.99. The molecule has 70 valence electrons. The van der Waals surface area contributed by atoms with Crippen LogP contribution in [-0.4, -0.2) is 23.1 Å². The standard InChI is InChI=1S/C10H12O3/c1-9(4-2-3-5-11)6-10(7-12)8-13/h2-7,11,13H,1,8H2/b4-2-,5-3-,10-6-. The zero-order valence-corrected chi connectivity index (χ0v) is 7.18. The van der Waals surface area contributed by atoms with Gasteiger partial charge in [-0.05, 0) is 17.7 Å². The molecule has 0 unspecified atom stereocenters. The van der Waals surface area contributed by atoms with Crippen LogP contribution in [0, 0.1) is 0 Å². The smallest absolute Gasteiger partial charge is 0.148 e. The van der Waals surface area contributed by atoms with Crippen molar-refractivity contribution in [3.63, 3.8) is 0 Å². The van der Waals surface area contributed by atoms with Gasteiger partial charge in [-0.15, -0.1) is 0 Å². The van der Waals surface area contributed by atoms with Gasteiger partial charge < -0.3 is 10.2 Å². The Morgan fingerprint density at radius 3 is 2.54 bits per heavy atom. The first-order valence-electron chi connectivity index (χ1n) is 3.67. The number of carbonyl (C=O) groups is 1. The quantitative estimate of drug-likeness (QED) is 0.290. The van der Waals surface area contributed by atoms with Crippen LogP contribution in [0.5, 0.6) is 0 Å². The lowest BCUT2D eigenvalue weighted by molar-refractivity contribution is -0.105. The number of hydrogen-bond acceptors (Lipinski definition) is 3. The molecular weight excluding hydrogens is 168 g/mol. The van der Waals surface area contributed by atoms with E-state index < -0.39 is 0 Å². The lowest BCUT2D eigenvalue weighted by Gasteiger charge is -1.92. The molecule has 0 saturated carbocycles. The van der Waals surface area contributed by atoms with Crippen molar-refractivity contribution in [1.29, 1.82) is 0 Å². The summed E-state index contributed by atoms with van der Waals surface area (Å²) in [5.41, 5.74) is 0.844. The number of carbonyl (C=O) groups excluding carboxylic acids is 1. The van der Waals surface area contributed by atoms with Gasteiger partial charge in [0.15, 0.2) is 0 Å². The van der Waals surface area contributed by atoms with Crippen LogP contribution in [0.2, 0.25) is 0 Å². The highest BCUT2D eigenvalue weighted by molar-refractivity contribution is 5.74. The van der Waals surface area contributed by atoms with E-state index in [0.717, 1.165) is 6.26 Å². The molecule has 2 N–H and O–H groups in total. The van der Waals surface area contributed by atoms with Crippen molar-refractivity contribution < 1.29 is 15.0 Å². The molecule has 0 heterocycles. The Labute approximate surface area is 77.0 Å². The molecule has 0 aliphatic rings. The largest absolute Gasteiger partial charge is 0.516 e. The van der Waals surface area contributed by atoms with Gasteiger partial charge in [0.25, 0.3) is 0 Å². The molecule has 3 nitrogen and oxygen atoms in total. The van der Waals surface area contributed by atoms with Gasteiger partial charge in [0.1, 0.15) is 6.29 Å². The van der Waals surface area contributed by atoms with Crippen molar-refractivity contribution in [2.75, 3.05) is 6.61 Å². The normalized spacial score (nSPS) is 12.5. The number of rotatable bonds is 5. The van der Waals surface area contributed by atoms with Crippen molar-refractivity contribution in [3.05, 3.63) is 48.3 Å². The third kappa shape index (κ3) is 5.64. The van der Waals surface area contributed by atoms with Gasteiger partial charge in [-0.25, -0.2) is 0 Å². The van der Waals surface area contributed by atoms with E-state index in [1.54, 1.807) is 12.2 Å². The van der Waals surface area contributed by atoms with Gasteiger partial charge >= 0.3 is 0 Å². The molecular formula is C10H12O3. The minimum absolute atomic E-state index is 0.266. The summed E-state index contributed by atoms with van der Waals surface area (Å²) in [6, 6.07) is 0. The van der Waals surface area contributed by atoms with E-state index in [1.807, 2.05) is 0 Å². The Morgan fingerprint density at radius 1 is 1.38 bits per heavy atom. The van der Waals surface area contributed by atoms with Crippen molar-refractivity contribution in [2.24, 2.45) is 0 Å². The van der Waals surface area contributed by atoms with Crippen LogP contribution in [0.4, 0.5) is 0 Å². The molecule has 13 heavy (non-hydrogen) atoms. The molecule has 0 aromatic carbocycles. The minimum Gasteiger partial charge on any atom is -0.516 e. The summed E-state index contributed by atoms with van der Waals surface area (Å²) in [6.07, 6.45) is 7.51. The SMILES string of the molecule is C=C(/C=C\C=C/O)/C=C(/C=O)CO. The Hall–Kier alpha value is -1.61. The van der Waals surface area contributed by atoms with E-state index in [-0.39, 0.29) is 12.2 Å². The van der Waals surface area contributed by atoms with Crippen LogP contribution >= 0.6 is 0 Å². The molecule has 3 heteroatoms. The van der Waals surface area contributed by atoms with Crippen molar-refractivity contribution >= 4 is 6.29 Å². The Bertz CT molecular complexity index is 259. The Kier molecular flexibility index (Phi) is 6.19. The highest BCUT2D eigenvalue weighted by atomic mass is 16.3. The Morgan fingerprint density at radius 2 is 2.08 bits per heavy atom. The maximum Gasteiger partial charge on any atom is 0.148 e. The maximum absolute atomic E-state index is 10.3. The van der Waals surface area contributed by atoms with E-state index in [4.69, 9.17) is 10.2 Å². The van der Waals surface area contributed by atoms with Gasteiger partial charge in [-0.2, -0.15) is 0 Å². The fraction of sp³-hybridized carbons (Fsp3) is 0.100. The van der Waals surface area contributed by atoms with Crippen LogP contribution in [0.1, 0.15) is 0 Å². The first-order chi connectivity index (χ1) is 6.24. The summed E-state index contributed by atoms with van der Waals surface area (Å²) >= 11 is 0. The predicted octanol–water partition coefficient (Wildman–Crippen LogP) is 1.29. The molecule has 0 aliphatic carbocycles. The number of hydrogen-bond donors (Lipinski definition) is 2. The second-order valence-electron chi connectivity index (χ2n) is 2.27. The maximum atomic E-state index is 10.3. The lowest BCUT2D eigenvalue weighted by atomic mass is 10.2. The van der Waals surface area contributed by atoms with E-state index >= 15 is 0 Å². The van der Waals surface area contributed by atoms with E-state index in [0.29, 0.717) is 11.9 Å². The number of allylic oxidation sites excluding steroid dienone is 5. The molecule has 0 spiro atoms. The molecule has 0 fully saturated rings. The zero-order valence-electron chi connectivity index (χ0n) is 7.18. The third-order valence-corrected chi connectivity index (χ3v) is 1.21. The summed E-state index contributed by atoms with van der Waals surface area (Å²) in [4.78, 5) is 10.3. The summed E-state index contributed by atoms with van der Waals surface area (Å²) < 4.78 is 0. The highest BCUT2D eigenvalue weighted by Gasteiger charge is 1.90. The summed E-state index contributed by atoms with van der Waals surface area (Å²) in [7, 11) is 0. The average Bonchev–Trinajstić information content (AvgIpc) is 2.14. The molecule has 0 aromatic heterocycles. The van der Waals surface area contributed by atoms with Gasteiger partial charge in [0, 0.05) is 5.57 Å². The fourth-order valence-corrected chi connectivity index (χ4v) is 0.632. The average molecular weight is 180 g/mol. The van der Waals surface area contributed by atoms with Gasteiger partial charge in [0.05, 0.1) is 12.9 Å². The summed E-state index contributed by atoms with van der Waals surface area (Å²) in [6.45, 7) is 3.31. The molecule has 0 rings (SSSR count). The number of aldehydes is 1. The van der Waals surface area contributed by atoms with Gasteiger partial charge in [-0.1, -0.05) is 18.7 Å². The molecule has 0 bridgehead atoms. The van der Waals surface area contributed by atoms with Crippen LogP contribution in [-0.2, 0) is 4.79 Å². The van der Waals surface area contributed by atoms with Crippen LogP contribution in [0.15, 0.2) is 48.3 Å². The van der Waals surface area contributed by atoms with E-state index in [9.17, 15) is 4.79 Å². The number of aliphatic hydroxyl groups is 2. The first kappa shape index (κ1) is 11.4. The topological polar surface area (TPSA) is 57.5 Å². The molecule has 0 amide bonds. The second-order valence-corrected chi connectivity index (χ2v) is 2.27. The van der Waals surface area contributed by atoms with Crippen molar-refractivity contribution in [3.8, 4) is 0 Å². The van der Waals surface area contributed by atoms with Crippen molar-refractivity contribution in [2.45, 2.75) is 0 Å². The Balaban J connectivity index is 4.27. The second kappa shape index (κ2) is 7.06. The summed E-state index contributed by atoms with van der Waals surface area (Å²) in [5, 5.41) is 16.9. The zero-order chi connectivity index (χ0) is 10.1. The van der Waals surface area contributed by atoms with Crippen LogP contribution < -0.4 is 0 Å². The molecule has 0 radical (unpaired) electrons. The predicted molar refractivity (Wildman–Crippen MR) is 51.3 cm³/mol. The van der Waals surface area contributed by atoms with Gasteiger partial charge in [0.2, 0.25) is 0 Å². The van der Waals surface area contributed by atoms with E-state index in [1.165, 1.54) is 12.2 Å². The van der Waals surface area contributed by atoms with E-state index in [2.05, 4.69) is 6.58 Å². The van der Waals surface area contributed by atoms with Crippen LogP contribution in [0.25, 0.3) is 0 Å². The van der Waals surface area contributed by atoms with Crippen LogP contribution in [0.3, 0.4) is 0 Å². The fourth-order valence-electron chi connectivity index (χ4n) is 0.632. The molecule has 0 aliphatic heterocycles.